The highest BCUT2D eigenvalue weighted by atomic mass is 19.1. The van der Waals surface area contributed by atoms with E-state index in [2.05, 4.69) is 9.97 Å². The van der Waals surface area contributed by atoms with Crippen molar-refractivity contribution in [2.24, 2.45) is 0 Å². The lowest BCUT2D eigenvalue weighted by Gasteiger charge is -2.37. The first kappa shape index (κ1) is 12.6. The van der Waals surface area contributed by atoms with Crippen LogP contribution in [0.1, 0.15) is 6.42 Å². The minimum Gasteiger partial charge on any atom is -0.479 e. The van der Waals surface area contributed by atoms with Gasteiger partial charge in [0.05, 0.1) is 18.9 Å². The number of hydrogen-bond acceptors (Lipinski definition) is 5. The van der Waals surface area contributed by atoms with Crippen molar-refractivity contribution in [3.63, 3.8) is 0 Å². The van der Waals surface area contributed by atoms with Crippen molar-refractivity contribution in [1.82, 2.24) is 9.97 Å². The Kier molecular flexibility index (Phi) is 3.12. The first-order valence-electron chi connectivity index (χ1n) is 5.26. The maximum atomic E-state index is 13.7. The Hall–Kier alpha value is -1.83. The molecule has 1 aromatic rings. The maximum Gasteiger partial charge on any atom is 0.338 e. The van der Waals surface area contributed by atoms with Crippen molar-refractivity contribution in [2.75, 3.05) is 18.0 Å². The molecule has 2 rings (SSSR count). The third-order valence-corrected chi connectivity index (χ3v) is 2.92. The molecule has 1 aliphatic rings. The highest BCUT2D eigenvalue weighted by Gasteiger charge is 2.49. The molecule has 2 atom stereocenters. The van der Waals surface area contributed by atoms with Gasteiger partial charge in [-0.05, 0) is 0 Å². The molecule has 0 spiro atoms. The fourth-order valence-electron chi connectivity index (χ4n) is 1.79. The van der Waals surface area contributed by atoms with Crippen LogP contribution < -0.4 is 4.90 Å². The summed E-state index contributed by atoms with van der Waals surface area (Å²) in [6.45, 7) is -0.275. The van der Waals surface area contributed by atoms with Gasteiger partial charge in [0.2, 0.25) is 5.95 Å². The minimum atomic E-state index is -2.38. The summed E-state index contributed by atoms with van der Waals surface area (Å²) in [7, 11) is 0. The van der Waals surface area contributed by atoms with Crippen molar-refractivity contribution in [3.05, 3.63) is 18.2 Å². The number of aliphatic hydroxyl groups is 1. The summed E-state index contributed by atoms with van der Waals surface area (Å²) in [5.41, 5.74) is -2.38. The zero-order valence-corrected chi connectivity index (χ0v) is 9.25. The van der Waals surface area contributed by atoms with Crippen LogP contribution in [0.25, 0.3) is 0 Å². The summed E-state index contributed by atoms with van der Waals surface area (Å²) in [5, 5.41) is 18.4. The summed E-state index contributed by atoms with van der Waals surface area (Å²) < 4.78 is 26.3. The van der Waals surface area contributed by atoms with Gasteiger partial charge in [0, 0.05) is 13.0 Å². The van der Waals surface area contributed by atoms with Gasteiger partial charge in [-0.1, -0.05) is 0 Å². The lowest BCUT2D eigenvalue weighted by molar-refractivity contribution is -0.168. The maximum absolute atomic E-state index is 13.7. The number of aliphatic carboxylic acids is 1. The number of nitrogens with zero attached hydrogens (tertiary/aromatic N) is 3. The molecule has 1 aromatic heterocycles. The van der Waals surface area contributed by atoms with Crippen LogP contribution in [0.15, 0.2) is 12.4 Å². The fraction of sp³-hybridized carbons (Fsp3) is 0.500. The number of piperidine rings is 1. The van der Waals surface area contributed by atoms with Crippen LogP contribution in [0.4, 0.5) is 14.7 Å². The Morgan fingerprint density at radius 2 is 2.11 bits per heavy atom. The van der Waals surface area contributed by atoms with Gasteiger partial charge < -0.3 is 15.1 Å². The molecule has 0 bridgehead atoms. The molecule has 18 heavy (non-hydrogen) atoms. The molecule has 0 radical (unpaired) electrons. The Morgan fingerprint density at radius 1 is 1.50 bits per heavy atom. The van der Waals surface area contributed by atoms with Gasteiger partial charge in [-0.25, -0.2) is 23.5 Å². The van der Waals surface area contributed by atoms with Gasteiger partial charge >= 0.3 is 5.97 Å². The van der Waals surface area contributed by atoms with Gasteiger partial charge in [-0.3, -0.25) is 0 Å². The van der Waals surface area contributed by atoms with Crippen LogP contribution in [-0.2, 0) is 4.79 Å². The molecule has 1 fully saturated rings. The molecule has 2 unspecified atom stereocenters. The average molecular weight is 259 g/mol. The van der Waals surface area contributed by atoms with Crippen LogP contribution in [0, 0.1) is 5.82 Å². The van der Waals surface area contributed by atoms with E-state index in [9.17, 15) is 18.7 Å². The number of carbonyl (C=O) groups is 1. The van der Waals surface area contributed by atoms with Crippen LogP contribution in [0.5, 0.6) is 0 Å². The van der Waals surface area contributed by atoms with Gasteiger partial charge in [-0.2, -0.15) is 0 Å². The van der Waals surface area contributed by atoms with Crippen LogP contribution in [0.2, 0.25) is 0 Å². The topological polar surface area (TPSA) is 86.5 Å². The van der Waals surface area contributed by atoms with Crippen molar-refractivity contribution < 1.29 is 23.8 Å². The second kappa shape index (κ2) is 4.45. The summed E-state index contributed by atoms with van der Waals surface area (Å²) in [4.78, 5) is 19.5. The normalized spacial score (nSPS) is 28.2. The number of carboxylic acid groups (broad SMARTS) is 1. The Labute approximate surface area is 101 Å². The molecule has 0 amide bonds. The Bertz CT molecular complexity index is 456. The number of hydrogen-bond donors (Lipinski definition) is 2. The second-order valence-electron chi connectivity index (χ2n) is 4.09. The van der Waals surface area contributed by atoms with E-state index >= 15 is 0 Å². The quantitative estimate of drug-likeness (QED) is 0.776. The van der Waals surface area contributed by atoms with E-state index in [1.54, 1.807) is 0 Å². The first-order valence-corrected chi connectivity index (χ1v) is 5.26. The van der Waals surface area contributed by atoms with E-state index in [1.165, 1.54) is 4.90 Å². The molecule has 2 N–H and O–H groups in total. The van der Waals surface area contributed by atoms with E-state index in [0.29, 0.717) is 0 Å². The SMILES string of the molecule is O=C(O)C1(O)CCN(c2ncc(F)cn2)CC1F. The number of halogens is 2. The summed E-state index contributed by atoms with van der Waals surface area (Å²) in [6.07, 6.45) is -0.372. The highest BCUT2D eigenvalue weighted by Crippen LogP contribution is 2.27. The molecule has 0 saturated carbocycles. The van der Waals surface area contributed by atoms with Crippen molar-refractivity contribution in [2.45, 2.75) is 18.2 Å². The molecule has 8 heteroatoms. The molecule has 98 valence electrons. The lowest BCUT2D eigenvalue weighted by atomic mass is 9.90. The van der Waals surface area contributed by atoms with Crippen molar-refractivity contribution in [1.29, 1.82) is 0 Å². The molecule has 2 heterocycles. The smallest absolute Gasteiger partial charge is 0.338 e. The molecule has 0 aliphatic carbocycles. The van der Waals surface area contributed by atoms with Crippen LogP contribution in [0.3, 0.4) is 0 Å². The van der Waals surface area contributed by atoms with E-state index in [1.807, 2.05) is 0 Å². The molecular weight excluding hydrogens is 248 g/mol. The Morgan fingerprint density at radius 3 is 2.61 bits per heavy atom. The number of alkyl halides is 1. The zero-order valence-electron chi connectivity index (χ0n) is 9.25. The molecule has 0 aromatic carbocycles. The Balaban J connectivity index is 2.13. The molecular formula is C10H11F2N3O3. The van der Waals surface area contributed by atoms with Crippen LogP contribution >= 0.6 is 0 Å². The second-order valence-corrected chi connectivity index (χ2v) is 4.09. The van der Waals surface area contributed by atoms with Gasteiger partial charge in [0.1, 0.15) is 0 Å². The molecule has 1 aliphatic heterocycles. The third kappa shape index (κ3) is 2.10. The minimum absolute atomic E-state index is 0.0782. The van der Waals surface area contributed by atoms with Crippen LogP contribution in [-0.4, -0.2) is 51.0 Å². The van der Waals surface area contributed by atoms with Gasteiger partial charge in [0.25, 0.3) is 0 Å². The standard InChI is InChI=1S/C10H11F2N3O3/c11-6-3-13-9(14-4-6)15-2-1-10(18,8(16)17)7(12)5-15/h3-4,7,18H,1-2,5H2,(H,16,17). The largest absolute Gasteiger partial charge is 0.479 e. The van der Waals surface area contributed by atoms with Gasteiger partial charge in [0.15, 0.2) is 17.6 Å². The zero-order chi connectivity index (χ0) is 13.3. The van der Waals surface area contributed by atoms with Crippen molar-refractivity contribution >= 4 is 11.9 Å². The molecule has 6 nitrogen and oxygen atoms in total. The van der Waals surface area contributed by atoms with E-state index in [-0.39, 0.29) is 25.5 Å². The van der Waals surface area contributed by atoms with E-state index in [0.717, 1.165) is 12.4 Å². The van der Waals surface area contributed by atoms with Crippen molar-refractivity contribution in [3.8, 4) is 0 Å². The fourth-order valence-corrected chi connectivity index (χ4v) is 1.79. The lowest BCUT2D eigenvalue weighted by Crippen LogP contribution is -2.58. The van der Waals surface area contributed by atoms with E-state index < -0.39 is 23.6 Å². The number of anilines is 1. The predicted octanol–water partition coefficient (Wildman–Crippen LogP) is -0.0204. The number of carboxylic acids is 1. The highest BCUT2D eigenvalue weighted by molar-refractivity contribution is 5.78. The number of rotatable bonds is 2. The average Bonchev–Trinajstić information content (AvgIpc) is 2.33. The summed E-state index contributed by atoms with van der Waals surface area (Å²) in [6, 6.07) is 0. The third-order valence-electron chi connectivity index (χ3n) is 2.92. The summed E-state index contributed by atoms with van der Waals surface area (Å²) in [5.74, 6) is -2.10. The number of aromatic nitrogens is 2. The van der Waals surface area contributed by atoms with Gasteiger partial charge in [-0.15, -0.1) is 0 Å². The summed E-state index contributed by atoms with van der Waals surface area (Å²) >= 11 is 0. The molecule has 1 saturated heterocycles. The monoisotopic (exact) mass is 259 g/mol. The van der Waals surface area contributed by atoms with E-state index in [4.69, 9.17) is 5.11 Å². The predicted molar refractivity (Wildman–Crippen MR) is 56.3 cm³/mol. The first-order chi connectivity index (χ1) is 8.43.